The molecule has 0 aromatic rings. The van der Waals surface area contributed by atoms with Crippen LogP contribution in [0.3, 0.4) is 0 Å². The summed E-state index contributed by atoms with van der Waals surface area (Å²) in [5, 5.41) is -0.614. The van der Waals surface area contributed by atoms with Crippen LogP contribution in [0.1, 0.15) is 6.42 Å². The zero-order valence-electron chi connectivity index (χ0n) is 5.45. The number of thioether (sulfide) groups is 1. The Morgan fingerprint density at radius 1 is 1.45 bits per heavy atom. The van der Waals surface area contributed by atoms with E-state index in [1.807, 2.05) is 0 Å². The lowest BCUT2D eigenvalue weighted by Gasteiger charge is -2.03. The van der Waals surface area contributed by atoms with Crippen LogP contribution in [0.5, 0.6) is 0 Å². The second kappa shape index (κ2) is 4.87. The minimum absolute atomic E-state index is 0.0579. The summed E-state index contributed by atoms with van der Waals surface area (Å²) >= 11 is 5.77. The summed E-state index contributed by atoms with van der Waals surface area (Å²) in [6.07, 6.45) is -5.01. The lowest BCUT2D eigenvalue weighted by Crippen LogP contribution is -2.08. The summed E-state index contributed by atoms with van der Waals surface area (Å²) in [6, 6.07) is 0. The normalized spacial score (nSPS) is 11.6. The van der Waals surface area contributed by atoms with E-state index in [-0.39, 0.29) is 11.5 Å². The monoisotopic (exact) mass is 206 g/mol. The largest absolute Gasteiger partial charge is 0.389 e. The standard InChI is InChI=1S/C5H6ClF3OS/c6-4(10)3-11-2-1-5(7,8)9/h1-3H2. The number of hydrogen-bond acceptors (Lipinski definition) is 2. The Bertz CT molecular complexity index is 136. The number of carbonyl (C=O) groups is 1. The van der Waals surface area contributed by atoms with Crippen LogP contribution in [0.2, 0.25) is 0 Å². The number of rotatable bonds is 4. The van der Waals surface area contributed by atoms with Crippen LogP contribution in [0.25, 0.3) is 0 Å². The molecule has 0 amide bonds. The maximum Gasteiger partial charge on any atom is 0.389 e. The van der Waals surface area contributed by atoms with Crippen molar-refractivity contribution in [3.63, 3.8) is 0 Å². The third kappa shape index (κ3) is 10.1. The van der Waals surface area contributed by atoms with Crippen molar-refractivity contribution in [1.82, 2.24) is 0 Å². The molecule has 0 aromatic carbocycles. The first-order chi connectivity index (χ1) is 4.92. The molecule has 0 aliphatic rings. The third-order valence-electron chi connectivity index (χ3n) is 0.745. The van der Waals surface area contributed by atoms with Gasteiger partial charge in [0.1, 0.15) is 0 Å². The summed E-state index contributed by atoms with van der Waals surface area (Å²) in [4.78, 5) is 10.0. The highest BCUT2D eigenvalue weighted by molar-refractivity contribution is 8.00. The molecule has 0 spiro atoms. The fourth-order valence-corrected chi connectivity index (χ4v) is 1.25. The second-order valence-electron chi connectivity index (χ2n) is 1.77. The molecule has 0 saturated heterocycles. The average molecular weight is 207 g/mol. The molecule has 11 heavy (non-hydrogen) atoms. The Balaban J connectivity index is 3.22. The highest BCUT2D eigenvalue weighted by Gasteiger charge is 2.26. The van der Waals surface area contributed by atoms with Gasteiger partial charge in [0.05, 0.1) is 12.2 Å². The van der Waals surface area contributed by atoms with Crippen molar-refractivity contribution >= 4 is 28.6 Å². The minimum Gasteiger partial charge on any atom is -0.280 e. The number of carbonyl (C=O) groups excluding carboxylic acids is 1. The molecule has 66 valence electrons. The predicted octanol–water partition coefficient (Wildman–Crippen LogP) is 2.44. The van der Waals surface area contributed by atoms with Crippen LogP contribution in [0, 0.1) is 0 Å². The van der Waals surface area contributed by atoms with Crippen LogP contribution >= 0.6 is 23.4 Å². The summed E-state index contributed by atoms with van der Waals surface area (Å²) in [5.41, 5.74) is 0. The zero-order chi connectivity index (χ0) is 8.91. The maximum atomic E-state index is 11.4. The Hall–Kier alpha value is 0.1000. The van der Waals surface area contributed by atoms with Gasteiger partial charge in [0.15, 0.2) is 0 Å². The molecule has 0 atom stereocenters. The van der Waals surface area contributed by atoms with Gasteiger partial charge >= 0.3 is 6.18 Å². The molecular formula is C5H6ClF3OS. The zero-order valence-corrected chi connectivity index (χ0v) is 7.02. The van der Waals surface area contributed by atoms with Crippen molar-refractivity contribution in [2.45, 2.75) is 12.6 Å². The maximum absolute atomic E-state index is 11.4. The molecule has 0 N–H and O–H groups in total. The lowest BCUT2D eigenvalue weighted by atomic mass is 10.5. The minimum atomic E-state index is -4.14. The fourth-order valence-electron chi connectivity index (χ4n) is 0.340. The molecule has 0 radical (unpaired) electrons. The molecule has 0 heterocycles. The Labute approximate surface area is 71.3 Å². The SMILES string of the molecule is O=C(Cl)CSCCC(F)(F)F. The molecule has 0 unspecified atom stereocenters. The van der Waals surface area contributed by atoms with E-state index < -0.39 is 17.8 Å². The van der Waals surface area contributed by atoms with Gasteiger partial charge in [-0.05, 0) is 11.6 Å². The number of alkyl halides is 3. The van der Waals surface area contributed by atoms with Crippen molar-refractivity contribution in [3.8, 4) is 0 Å². The van der Waals surface area contributed by atoms with Crippen LogP contribution in [0.15, 0.2) is 0 Å². The van der Waals surface area contributed by atoms with Gasteiger partial charge in [0.2, 0.25) is 5.24 Å². The van der Waals surface area contributed by atoms with Crippen LogP contribution in [0.4, 0.5) is 13.2 Å². The van der Waals surface area contributed by atoms with Crippen molar-refractivity contribution in [2.24, 2.45) is 0 Å². The van der Waals surface area contributed by atoms with E-state index >= 15 is 0 Å². The Kier molecular flexibility index (Phi) is 4.92. The molecule has 6 heteroatoms. The van der Waals surface area contributed by atoms with E-state index in [0.717, 1.165) is 11.8 Å². The number of halogens is 4. The van der Waals surface area contributed by atoms with Gasteiger partial charge in [-0.15, -0.1) is 0 Å². The van der Waals surface area contributed by atoms with Gasteiger partial charge in [-0.1, -0.05) is 0 Å². The molecule has 0 aliphatic heterocycles. The molecule has 0 fully saturated rings. The molecule has 0 rings (SSSR count). The first-order valence-corrected chi connectivity index (χ1v) is 4.28. The second-order valence-corrected chi connectivity index (χ2v) is 3.30. The highest BCUT2D eigenvalue weighted by Crippen LogP contribution is 2.21. The fraction of sp³-hybridized carbons (Fsp3) is 0.800. The van der Waals surface area contributed by atoms with E-state index in [1.54, 1.807) is 0 Å². The van der Waals surface area contributed by atoms with E-state index in [1.165, 1.54) is 0 Å². The van der Waals surface area contributed by atoms with Crippen molar-refractivity contribution in [1.29, 1.82) is 0 Å². The molecule has 0 bridgehead atoms. The smallest absolute Gasteiger partial charge is 0.280 e. The quantitative estimate of drug-likeness (QED) is 0.519. The van der Waals surface area contributed by atoms with Gasteiger partial charge < -0.3 is 0 Å². The van der Waals surface area contributed by atoms with E-state index in [4.69, 9.17) is 11.6 Å². The van der Waals surface area contributed by atoms with Crippen LogP contribution in [-0.4, -0.2) is 22.9 Å². The highest BCUT2D eigenvalue weighted by atomic mass is 35.5. The summed E-state index contributed by atoms with van der Waals surface area (Å²) in [5.74, 6) is -0.167. The average Bonchev–Trinajstić information content (AvgIpc) is 1.78. The third-order valence-corrected chi connectivity index (χ3v) is 2.00. The molecule has 1 nitrogen and oxygen atoms in total. The number of hydrogen-bond donors (Lipinski definition) is 0. The summed E-state index contributed by atoms with van der Waals surface area (Å²) in [6.45, 7) is 0. The van der Waals surface area contributed by atoms with Crippen LogP contribution in [-0.2, 0) is 4.79 Å². The van der Waals surface area contributed by atoms with Gasteiger partial charge in [-0.3, -0.25) is 4.79 Å². The topological polar surface area (TPSA) is 17.1 Å². The van der Waals surface area contributed by atoms with E-state index in [2.05, 4.69) is 0 Å². The van der Waals surface area contributed by atoms with E-state index in [0.29, 0.717) is 0 Å². The predicted molar refractivity (Wildman–Crippen MR) is 38.9 cm³/mol. The first-order valence-electron chi connectivity index (χ1n) is 2.74. The Morgan fingerprint density at radius 2 is 2.00 bits per heavy atom. The molecule has 0 aromatic heterocycles. The summed E-state index contributed by atoms with van der Waals surface area (Å²) < 4.78 is 34.3. The van der Waals surface area contributed by atoms with E-state index in [9.17, 15) is 18.0 Å². The van der Waals surface area contributed by atoms with Crippen molar-refractivity contribution in [3.05, 3.63) is 0 Å². The lowest BCUT2D eigenvalue weighted by molar-refractivity contribution is -0.129. The Morgan fingerprint density at radius 3 is 2.36 bits per heavy atom. The molecule has 0 aliphatic carbocycles. The van der Waals surface area contributed by atoms with Crippen molar-refractivity contribution in [2.75, 3.05) is 11.5 Å². The van der Waals surface area contributed by atoms with Gasteiger partial charge in [-0.25, -0.2) is 0 Å². The van der Waals surface area contributed by atoms with Crippen LogP contribution < -0.4 is 0 Å². The van der Waals surface area contributed by atoms with Gasteiger partial charge in [0.25, 0.3) is 0 Å². The summed E-state index contributed by atoms with van der Waals surface area (Å²) in [7, 11) is 0. The molecule has 0 saturated carbocycles. The van der Waals surface area contributed by atoms with Crippen molar-refractivity contribution < 1.29 is 18.0 Å². The van der Waals surface area contributed by atoms with Gasteiger partial charge in [-0.2, -0.15) is 24.9 Å². The molecular weight excluding hydrogens is 201 g/mol. The first kappa shape index (κ1) is 11.1. The van der Waals surface area contributed by atoms with Gasteiger partial charge in [0, 0.05) is 5.75 Å².